The standard InChI is InChI=1S/C16H27N3O/c1-12(2)20-15-6-5-11-18-16(15)19(4)14-9-7-13(17-3)8-10-14/h5-6,11-14,17H,7-10H2,1-4H3. The highest BCUT2D eigenvalue weighted by molar-refractivity contribution is 5.52. The maximum absolute atomic E-state index is 5.88. The fourth-order valence-corrected chi connectivity index (χ4v) is 2.92. The highest BCUT2D eigenvalue weighted by Gasteiger charge is 2.25. The highest BCUT2D eigenvalue weighted by atomic mass is 16.5. The molecule has 4 nitrogen and oxygen atoms in total. The molecule has 1 aliphatic rings. The van der Waals surface area contributed by atoms with Crippen LogP contribution in [0, 0.1) is 0 Å². The molecule has 2 rings (SSSR count). The summed E-state index contributed by atoms with van der Waals surface area (Å²) in [5.74, 6) is 1.86. The van der Waals surface area contributed by atoms with Gasteiger partial charge in [0.05, 0.1) is 6.10 Å². The van der Waals surface area contributed by atoms with E-state index in [9.17, 15) is 0 Å². The lowest BCUT2D eigenvalue weighted by Crippen LogP contribution is -2.40. The van der Waals surface area contributed by atoms with E-state index in [1.807, 2.05) is 18.3 Å². The molecule has 0 amide bonds. The van der Waals surface area contributed by atoms with Crippen LogP contribution in [0.2, 0.25) is 0 Å². The molecule has 0 aromatic carbocycles. The fraction of sp³-hybridized carbons (Fsp3) is 0.688. The Balaban J connectivity index is 2.07. The Morgan fingerprint density at radius 1 is 1.30 bits per heavy atom. The molecule has 0 unspecified atom stereocenters. The van der Waals surface area contributed by atoms with E-state index in [1.165, 1.54) is 25.7 Å². The topological polar surface area (TPSA) is 37.4 Å². The van der Waals surface area contributed by atoms with Gasteiger partial charge >= 0.3 is 0 Å². The number of nitrogens with zero attached hydrogens (tertiary/aromatic N) is 2. The monoisotopic (exact) mass is 277 g/mol. The van der Waals surface area contributed by atoms with Gasteiger partial charge in [-0.25, -0.2) is 4.98 Å². The fourth-order valence-electron chi connectivity index (χ4n) is 2.92. The third-order valence-corrected chi connectivity index (χ3v) is 4.10. The van der Waals surface area contributed by atoms with Gasteiger partial charge in [-0.1, -0.05) is 0 Å². The van der Waals surface area contributed by atoms with E-state index in [-0.39, 0.29) is 6.10 Å². The molecule has 0 saturated heterocycles. The number of pyridine rings is 1. The van der Waals surface area contributed by atoms with Gasteiger partial charge < -0.3 is 15.0 Å². The number of anilines is 1. The summed E-state index contributed by atoms with van der Waals surface area (Å²) >= 11 is 0. The lowest BCUT2D eigenvalue weighted by atomic mass is 9.90. The van der Waals surface area contributed by atoms with Crippen LogP contribution in [0.3, 0.4) is 0 Å². The highest BCUT2D eigenvalue weighted by Crippen LogP contribution is 2.31. The molecule has 1 heterocycles. The van der Waals surface area contributed by atoms with Crippen LogP contribution in [0.1, 0.15) is 39.5 Å². The van der Waals surface area contributed by atoms with E-state index in [1.54, 1.807) is 0 Å². The van der Waals surface area contributed by atoms with Gasteiger partial charge in [-0.05, 0) is 58.7 Å². The Labute approximate surface area is 122 Å². The number of hydrogen-bond donors (Lipinski definition) is 1. The summed E-state index contributed by atoms with van der Waals surface area (Å²) in [5, 5.41) is 3.38. The van der Waals surface area contributed by atoms with Gasteiger partial charge in [0.15, 0.2) is 11.6 Å². The summed E-state index contributed by atoms with van der Waals surface area (Å²) < 4.78 is 5.88. The second kappa shape index (κ2) is 6.93. The van der Waals surface area contributed by atoms with Crippen LogP contribution in [0.15, 0.2) is 18.3 Å². The number of nitrogens with one attached hydrogen (secondary N) is 1. The largest absolute Gasteiger partial charge is 0.487 e. The van der Waals surface area contributed by atoms with Crippen LogP contribution in [0.25, 0.3) is 0 Å². The Hall–Kier alpha value is -1.29. The average molecular weight is 277 g/mol. The van der Waals surface area contributed by atoms with Crippen molar-refractivity contribution in [2.45, 2.75) is 57.7 Å². The zero-order valence-electron chi connectivity index (χ0n) is 13.1. The van der Waals surface area contributed by atoms with Crippen molar-refractivity contribution in [3.05, 3.63) is 18.3 Å². The maximum Gasteiger partial charge on any atom is 0.171 e. The Morgan fingerprint density at radius 2 is 2.00 bits per heavy atom. The van der Waals surface area contributed by atoms with Crippen molar-refractivity contribution in [2.75, 3.05) is 19.0 Å². The summed E-state index contributed by atoms with van der Waals surface area (Å²) in [6, 6.07) is 5.18. The maximum atomic E-state index is 5.88. The quantitative estimate of drug-likeness (QED) is 0.898. The van der Waals surface area contributed by atoms with Crippen molar-refractivity contribution >= 4 is 5.82 Å². The minimum absolute atomic E-state index is 0.173. The van der Waals surface area contributed by atoms with Crippen LogP contribution >= 0.6 is 0 Å². The van der Waals surface area contributed by atoms with E-state index in [0.29, 0.717) is 12.1 Å². The zero-order valence-corrected chi connectivity index (χ0v) is 13.1. The van der Waals surface area contributed by atoms with Crippen LogP contribution in [0.4, 0.5) is 5.82 Å². The molecule has 1 fully saturated rings. The molecular weight excluding hydrogens is 250 g/mol. The smallest absolute Gasteiger partial charge is 0.171 e. The third-order valence-electron chi connectivity index (χ3n) is 4.10. The third kappa shape index (κ3) is 3.63. The number of hydrogen-bond acceptors (Lipinski definition) is 4. The van der Waals surface area contributed by atoms with E-state index in [0.717, 1.165) is 11.6 Å². The van der Waals surface area contributed by atoms with Crippen molar-refractivity contribution in [1.29, 1.82) is 0 Å². The molecule has 0 atom stereocenters. The summed E-state index contributed by atoms with van der Waals surface area (Å²) in [5.41, 5.74) is 0. The predicted molar refractivity (Wildman–Crippen MR) is 83.5 cm³/mol. The first-order chi connectivity index (χ1) is 9.61. The first-order valence-corrected chi connectivity index (χ1v) is 7.63. The predicted octanol–water partition coefficient (Wildman–Crippen LogP) is 2.84. The SMILES string of the molecule is CNC1CCC(N(C)c2ncccc2OC(C)C)CC1. The molecule has 0 aliphatic heterocycles. The first-order valence-electron chi connectivity index (χ1n) is 7.63. The average Bonchev–Trinajstić information content (AvgIpc) is 2.46. The van der Waals surface area contributed by atoms with Gasteiger partial charge in [-0.3, -0.25) is 0 Å². The molecule has 4 heteroatoms. The minimum atomic E-state index is 0.173. The van der Waals surface area contributed by atoms with E-state index < -0.39 is 0 Å². The molecule has 0 radical (unpaired) electrons. The second-order valence-electron chi connectivity index (χ2n) is 5.90. The molecule has 1 aromatic heterocycles. The second-order valence-corrected chi connectivity index (χ2v) is 5.90. The molecule has 0 bridgehead atoms. The minimum Gasteiger partial charge on any atom is -0.487 e. The van der Waals surface area contributed by atoms with Crippen LogP contribution < -0.4 is 15.0 Å². The van der Waals surface area contributed by atoms with Gasteiger partial charge in [0.25, 0.3) is 0 Å². The first kappa shape index (κ1) is 15.1. The molecule has 1 saturated carbocycles. The number of aromatic nitrogens is 1. The van der Waals surface area contributed by atoms with Gasteiger partial charge in [-0.2, -0.15) is 0 Å². The molecular formula is C16H27N3O. The van der Waals surface area contributed by atoms with Crippen molar-refractivity contribution in [3.8, 4) is 5.75 Å². The molecule has 20 heavy (non-hydrogen) atoms. The van der Waals surface area contributed by atoms with Crippen molar-refractivity contribution in [1.82, 2.24) is 10.3 Å². The van der Waals surface area contributed by atoms with Crippen LogP contribution in [-0.4, -0.2) is 37.3 Å². The van der Waals surface area contributed by atoms with Gasteiger partial charge in [0.2, 0.25) is 0 Å². The summed E-state index contributed by atoms with van der Waals surface area (Å²) in [4.78, 5) is 6.83. The Bertz CT molecular complexity index is 414. The zero-order chi connectivity index (χ0) is 14.5. The van der Waals surface area contributed by atoms with Crippen LogP contribution in [0.5, 0.6) is 5.75 Å². The van der Waals surface area contributed by atoms with Gasteiger partial charge in [-0.15, -0.1) is 0 Å². The molecule has 0 spiro atoms. The van der Waals surface area contributed by atoms with Crippen molar-refractivity contribution in [2.24, 2.45) is 0 Å². The molecule has 1 aromatic rings. The van der Waals surface area contributed by atoms with Gasteiger partial charge in [0.1, 0.15) is 0 Å². The normalized spacial score (nSPS) is 22.9. The lowest BCUT2D eigenvalue weighted by Gasteiger charge is -2.35. The van der Waals surface area contributed by atoms with Crippen molar-refractivity contribution < 1.29 is 4.74 Å². The number of ether oxygens (including phenoxy) is 1. The Morgan fingerprint density at radius 3 is 2.60 bits per heavy atom. The summed E-state index contributed by atoms with van der Waals surface area (Å²) in [6.45, 7) is 4.10. The summed E-state index contributed by atoms with van der Waals surface area (Å²) in [6.07, 6.45) is 6.90. The molecule has 112 valence electrons. The van der Waals surface area contributed by atoms with Crippen molar-refractivity contribution in [3.63, 3.8) is 0 Å². The molecule has 1 aliphatic carbocycles. The van der Waals surface area contributed by atoms with E-state index in [4.69, 9.17) is 4.74 Å². The molecule has 1 N–H and O–H groups in total. The van der Waals surface area contributed by atoms with Crippen LogP contribution in [-0.2, 0) is 0 Å². The van der Waals surface area contributed by atoms with E-state index >= 15 is 0 Å². The number of rotatable bonds is 5. The van der Waals surface area contributed by atoms with Gasteiger partial charge in [0, 0.05) is 25.3 Å². The Kier molecular flexibility index (Phi) is 5.24. The van der Waals surface area contributed by atoms with E-state index in [2.05, 4.69) is 43.1 Å². The lowest BCUT2D eigenvalue weighted by molar-refractivity contribution is 0.241. The summed E-state index contributed by atoms with van der Waals surface area (Å²) in [7, 11) is 4.20.